The Kier molecular flexibility index (Phi) is 7.82. The molecule has 0 unspecified atom stereocenters. The van der Waals surface area contributed by atoms with Crippen molar-refractivity contribution in [1.82, 2.24) is 14.5 Å². The molecule has 0 N–H and O–H groups in total. The molecule has 0 bridgehead atoms. The molecule has 4 heteroatoms. The van der Waals surface area contributed by atoms with Gasteiger partial charge in [-0.25, -0.2) is 9.97 Å². The van der Waals surface area contributed by atoms with E-state index in [0.717, 1.165) is 89.6 Å². The van der Waals surface area contributed by atoms with Crippen molar-refractivity contribution in [2.45, 2.75) is 0 Å². The van der Waals surface area contributed by atoms with E-state index in [1.54, 1.807) is 0 Å². The topological polar surface area (TPSA) is 34.0 Å². The van der Waals surface area contributed by atoms with Crippen molar-refractivity contribution >= 4 is 49.8 Å². The minimum absolute atomic E-state index is 0.860. The number of hydrogen-bond acceptors (Lipinski definition) is 3. The summed E-state index contributed by atoms with van der Waals surface area (Å²) in [7, 11) is 0. The summed E-state index contributed by atoms with van der Waals surface area (Å²) >= 11 is 0. The first-order valence-corrected chi connectivity index (χ1v) is 20.4. The molecule has 0 radical (unpaired) electrons. The second-order valence-electron chi connectivity index (χ2n) is 15.4. The quantitative estimate of drug-likeness (QED) is 0.169. The third-order valence-electron chi connectivity index (χ3n) is 11.9. The largest absolute Gasteiger partial charge is 0.294 e. The lowest BCUT2D eigenvalue weighted by molar-refractivity contribution is 1.08. The van der Waals surface area contributed by atoms with Gasteiger partial charge in [0.1, 0.15) is 11.6 Å². The Morgan fingerprint density at radius 3 is 1.50 bits per heavy atom. The van der Waals surface area contributed by atoms with Crippen LogP contribution in [0.25, 0.3) is 94.3 Å². The minimum Gasteiger partial charge on any atom is -0.294 e. The third-order valence-corrected chi connectivity index (χ3v) is 11.9. The number of pyridine rings is 2. The molecule has 1 aliphatic heterocycles. The summed E-state index contributed by atoms with van der Waals surface area (Å²) in [5.41, 5.74) is 15.2. The summed E-state index contributed by atoms with van der Waals surface area (Å²) in [6, 6.07) is 77.9. The minimum atomic E-state index is 0.860. The SMILES string of the molecule is c1ccc(-c2cc(-c3ccccc3)nc(N3c4cccc5cccc(c45)-c4ccc5c(c43)c3ccccc3n5-c3cc(-c4ccccc4)cc(-c4ccccc4)n3)c2)cc1. The van der Waals surface area contributed by atoms with Crippen LogP contribution in [0, 0.1) is 0 Å². The summed E-state index contributed by atoms with van der Waals surface area (Å²) < 4.78 is 2.35. The van der Waals surface area contributed by atoms with Crippen molar-refractivity contribution in [2.24, 2.45) is 0 Å². The number of fused-ring (bicyclic) bond motifs is 6. The van der Waals surface area contributed by atoms with E-state index in [0.29, 0.717) is 0 Å². The first kappa shape index (κ1) is 34.0. The van der Waals surface area contributed by atoms with Crippen molar-refractivity contribution in [2.75, 3.05) is 4.90 Å². The van der Waals surface area contributed by atoms with Crippen LogP contribution in [0.3, 0.4) is 0 Å². The van der Waals surface area contributed by atoms with E-state index in [4.69, 9.17) is 9.97 Å². The van der Waals surface area contributed by atoms with Gasteiger partial charge in [-0.3, -0.25) is 9.47 Å². The Morgan fingerprint density at radius 1 is 0.333 bits per heavy atom. The molecule has 4 nitrogen and oxygen atoms in total. The fourth-order valence-corrected chi connectivity index (χ4v) is 9.20. The van der Waals surface area contributed by atoms with Crippen molar-refractivity contribution < 1.29 is 0 Å². The summed E-state index contributed by atoms with van der Waals surface area (Å²) in [6.45, 7) is 0. The standard InChI is InChI=1S/C56H36N4/c1-5-17-37(18-6-1)42-33-47(39-21-9-3-10-22-39)57-52(35-42)59-49-29-14-13-27-46(49)55-51(59)32-31-45-44-28-15-25-41-26-16-30-50(54(41)44)60(56(45)55)53-36-43(38-19-7-2-8-20-38)34-48(58-53)40-23-11-4-12-24-40/h1-36H. The van der Waals surface area contributed by atoms with Gasteiger partial charge >= 0.3 is 0 Å². The summed E-state index contributed by atoms with van der Waals surface area (Å²) in [5.74, 6) is 1.72. The highest BCUT2D eigenvalue weighted by molar-refractivity contribution is 6.24. The number of aromatic nitrogens is 3. The number of rotatable bonds is 6. The predicted octanol–water partition coefficient (Wildman–Crippen LogP) is 14.8. The van der Waals surface area contributed by atoms with E-state index in [9.17, 15) is 0 Å². The Labute approximate surface area is 347 Å². The van der Waals surface area contributed by atoms with Crippen LogP contribution in [-0.4, -0.2) is 14.5 Å². The van der Waals surface area contributed by atoms with Gasteiger partial charge in [-0.2, -0.15) is 0 Å². The van der Waals surface area contributed by atoms with E-state index in [2.05, 4.69) is 228 Å². The highest BCUT2D eigenvalue weighted by Crippen LogP contribution is 2.55. The average Bonchev–Trinajstić information content (AvgIpc) is 3.67. The van der Waals surface area contributed by atoms with Crippen LogP contribution in [0.2, 0.25) is 0 Å². The maximum atomic E-state index is 5.56. The zero-order valence-corrected chi connectivity index (χ0v) is 32.6. The zero-order valence-electron chi connectivity index (χ0n) is 32.6. The molecule has 4 heterocycles. The van der Waals surface area contributed by atoms with Crippen LogP contribution in [0.5, 0.6) is 0 Å². The van der Waals surface area contributed by atoms with Gasteiger partial charge < -0.3 is 0 Å². The third kappa shape index (κ3) is 5.46. The molecular formula is C56H36N4. The lowest BCUT2D eigenvalue weighted by Crippen LogP contribution is -2.17. The molecule has 60 heavy (non-hydrogen) atoms. The second kappa shape index (κ2) is 13.8. The maximum absolute atomic E-state index is 5.56. The van der Waals surface area contributed by atoms with Crippen LogP contribution < -0.4 is 4.90 Å². The molecule has 0 aliphatic carbocycles. The smallest absolute Gasteiger partial charge is 0.138 e. The number of nitrogens with zero attached hydrogens (tertiary/aromatic N) is 4. The molecule has 12 rings (SSSR count). The van der Waals surface area contributed by atoms with E-state index in [1.807, 2.05) is 0 Å². The summed E-state index contributed by atoms with van der Waals surface area (Å²) in [6.07, 6.45) is 0. The molecule has 0 fully saturated rings. The highest BCUT2D eigenvalue weighted by Gasteiger charge is 2.31. The maximum Gasteiger partial charge on any atom is 0.138 e. The molecule has 1 aliphatic rings. The molecule has 3 aromatic heterocycles. The Hall–Kier alpha value is -8.08. The normalized spacial score (nSPS) is 12.0. The summed E-state index contributed by atoms with van der Waals surface area (Å²) in [4.78, 5) is 13.4. The molecule has 0 saturated heterocycles. The Balaban J connectivity index is 1.19. The van der Waals surface area contributed by atoms with Gasteiger partial charge in [-0.1, -0.05) is 176 Å². The van der Waals surface area contributed by atoms with Crippen LogP contribution in [-0.2, 0) is 0 Å². The van der Waals surface area contributed by atoms with Gasteiger partial charge in [-0.15, -0.1) is 0 Å². The first-order valence-electron chi connectivity index (χ1n) is 20.4. The number of hydrogen-bond donors (Lipinski definition) is 0. The van der Waals surface area contributed by atoms with Crippen molar-refractivity contribution in [3.8, 4) is 61.7 Å². The molecule has 8 aromatic carbocycles. The number of para-hydroxylation sites is 1. The van der Waals surface area contributed by atoms with Crippen LogP contribution in [0.4, 0.5) is 17.2 Å². The predicted molar refractivity (Wildman–Crippen MR) is 249 cm³/mol. The van der Waals surface area contributed by atoms with Gasteiger partial charge in [0.25, 0.3) is 0 Å². The van der Waals surface area contributed by atoms with Crippen LogP contribution in [0.15, 0.2) is 218 Å². The summed E-state index contributed by atoms with van der Waals surface area (Å²) in [5, 5.41) is 4.71. The molecule has 11 aromatic rings. The number of anilines is 3. The molecule has 0 amide bonds. The van der Waals surface area contributed by atoms with E-state index < -0.39 is 0 Å². The molecule has 0 saturated carbocycles. The van der Waals surface area contributed by atoms with E-state index in [-0.39, 0.29) is 0 Å². The van der Waals surface area contributed by atoms with E-state index >= 15 is 0 Å². The highest BCUT2D eigenvalue weighted by atomic mass is 15.2. The molecular weight excluding hydrogens is 729 g/mol. The lowest BCUT2D eigenvalue weighted by atomic mass is 9.89. The second-order valence-corrected chi connectivity index (χ2v) is 15.4. The molecule has 0 spiro atoms. The Bertz CT molecular complexity index is 3290. The first-order chi connectivity index (χ1) is 29.8. The fourth-order valence-electron chi connectivity index (χ4n) is 9.20. The fraction of sp³-hybridized carbons (Fsp3) is 0. The van der Waals surface area contributed by atoms with Crippen molar-refractivity contribution in [1.29, 1.82) is 0 Å². The Morgan fingerprint density at radius 2 is 0.867 bits per heavy atom. The lowest BCUT2D eigenvalue weighted by Gasteiger charge is -2.34. The molecule has 0 atom stereocenters. The van der Waals surface area contributed by atoms with Crippen molar-refractivity contribution in [3.05, 3.63) is 218 Å². The van der Waals surface area contributed by atoms with Gasteiger partial charge in [0.05, 0.1) is 33.8 Å². The zero-order chi connectivity index (χ0) is 39.6. The average molecular weight is 765 g/mol. The van der Waals surface area contributed by atoms with Crippen molar-refractivity contribution in [3.63, 3.8) is 0 Å². The van der Waals surface area contributed by atoms with Gasteiger partial charge in [0.2, 0.25) is 0 Å². The van der Waals surface area contributed by atoms with Gasteiger partial charge in [-0.05, 0) is 75.7 Å². The van der Waals surface area contributed by atoms with Crippen LogP contribution >= 0.6 is 0 Å². The molecule has 280 valence electrons. The van der Waals surface area contributed by atoms with Crippen LogP contribution in [0.1, 0.15) is 0 Å². The monoisotopic (exact) mass is 764 g/mol. The van der Waals surface area contributed by atoms with Gasteiger partial charge in [0, 0.05) is 32.8 Å². The van der Waals surface area contributed by atoms with E-state index in [1.165, 1.54) is 21.9 Å². The van der Waals surface area contributed by atoms with Gasteiger partial charge in [0.15, 0.2) is 0 Å². The number of benzene rings is 8.